The number of nitrogens with zero attached hydrogens (tertiary/aromatic N) is 2. The first-order valence-electron chi connectivity index (χ1n) is 9.93. The summed E-state index contributed by atoms with van der Waals surface area (Å²) in [6.07, 6.45) is 0.867. The zero-order valence-corrected chi connectivity index (χ0v) is 15.6. The zero-order valence-electron chi connectivity index (χ0n) is 15.6. The van der Waals surface area contributed by atoms with Gasteiger partial charge in [0.2, 0.25) is 11.8 Å². The molecular formula is C20H24N4O4. The maximum Gasteiger partial charge on any atom is 0.255 e. The highest BCUT2D eigenvalue weighted by Crippen LogP contribution is 2.31. The number of rotatable bonds is 3. The fraction of sp³-hybridized carbons (Fsp3) is 0.550. The van der Waals surface area contributed by atoms with Crippen LogP contribution < -0.4 is 10.6 Å². The van der Waals surface area contributed by atoms with Crippen molar-refractivity contribution in [3.8, 4) is 0 Å². The summed E-state index contributed by atoms with van der Waals surface area (Å²) in [4.78, 5) is 40.8. The van der Waals surface area contributed by atoms with E-state index in [4.69, 9.17) is 4.74 Å². The Balaban J connectivity index is 1.34. The second-order valence-electron chi connectivity index (χ2n) is 8.02. The summed E-state index contributed by atoms with van der Waals surface area (Å²) in [5.74, 6) is -0.741. The van der Waals surface area contributed by atoms with Crippen molar-refractivity contribution in [2.24, 2.45) is 0 Å². The standard InChI is InChI=1S/C20H24N4O4/c25-17-5-4-15(19(26)22-17)24-9-13-3-1-2-12(18(13)20(24)27)8-23-10-14-16(11-23)28-7-6-21-14/h1-3,14-16,21H,4-11H2,(H,22,25,26)/t14-,15?,16+/m0/s1. The van der Waals surface area contributed by atoms with Crippen molar-refractivity contribution < 1.29 is 19.1 Å². The van der Waals surface area contributed by atoms with Gasteiger partial charge in [-0.25, -0.2) is 0 Å². The van der Waals surface area contributed by atoms with Gasteiger partial charge in [-0.05, 0) is 17.5 Å². The molecule has 0 spiro atoms. The molecule has 0 aliphatic carbocycles. The molecule has 28 heavy (non-hydrogen) atoms. The van der Waals surface area contributed by atoms with Crippen LogP contribution in [0.4, 0.5) is 0 Å². The lowest BCUT2D eigenvalue weighted by molar-refractivity contribution is -0.136. The molecule has 4 aliphatic rings. The summed E-state index contributed by atoms with van der Waals surface area (Å²) in [5, 5.41) is 5.86. The lowest BCUT2D eigenvalue weighted by atomic mass is 10.0. The number of piperidine rings is 1. The number of morpholine rings is 1. The van der Waals surface area contributed by atoms with E-state index in [1.54, 1.807) is 4.90 Å². The maximum absolute atomic E-state index is 13.2. The van der Waals surface area contributed by atoms with Gasteiger partial charge in [0.15, 0.2) is 0 Å². The molecule has 0 saturated carbocycles. The Morgan fingerprint density at radius 2 is 2.07 bits per heavy atom. The molecular weight excluding hydrogens is 360 g/mol. The molecule has 0 radical (unpaired) electrons. The van der Waals surface area contributed by atoms with E-state index in [-0.39, 0.29) is 30.2 Å². The second-order valence-corrected chi connectivity index (χ2v) is 8.02. The van der Waals surface area contributed by atoms with E-state index in [1.165, 1.54) is 0 Å². The largest absolute Gasteiger partial charge is 0.374 e. The molecule has 2 N–H and O–H groups in total. The highest BCUT2D eigenvalue weighted by Gasteiger charge is 2.41. The van der Waals surface area contributed by atoms with Crippen molar-refractivity contribution in [1.29, 1.82) is 0 Å². The smallest absolute Gasteiger partial charge is 0.255 e. The molecule has 3 saturated heterocycles. The fourth-order valence-corrected chi connectivity index (χ4v) is 4.86. The Labute approximate surface area is 163 Å². The Bertz CT molecular complexity index is 827. The lowest BCUT2D eigenvalue weighted by Gasteiger charge is -2.29. The number of carbonyl (C=O) groups is 3. The van der Waals surface area contributed by atoms with Gasteiger partial charge in [0, 0.05) is 50.7 Å². The first kappa shape index (κ1) is 17.8. The van der Waals surface area contributed by atoms with Crippen molar-refractivity contribution in [2.45, 2.75) is 44.1 Å². The highest BCUT2D eigenvalue weighted by molar-refractivity contribution is 6.05. The van der Waals surface area contributed by atoms with E-state index >= 15 is 0 Å². The fourth-order valence-electron chi connectivity index (χ4n) is 4.86. The quantitative estimate of drug-likeness (QED) is 0.691. The molecule has 1 aromatic rings. The van der Waals surface area contributed by atoms with E-state index in [0.29, 0.717) is 25.6 Å². The van der Waals surface area contributed by atoms with Gasteiger partial charge in [-0.3, -0.25) is 24.6 Å². The number of amides is 3. The normalized spacial score (nSPS) is 30.4. The minimum absolute atomic E-state index is 0.105. The Hall–Kier alpha value is -2.29. The third-order valence-corrected chi connectivity index (χ3v) is 6.22. The molecule has 3 amide bonds. The maximum atomic E-state index is 13.2. The molecule has 4 heterocycles. The van der Waals surface area contributed by atoms with Crippen LogP contribution in [0.1, 0.15) is 34.3 Å². The van der Waals surface area contributed by atoms with Crippen LogP contribution in [0.25, 0.3) is 0 Å². The van der Waals surface area contributed by atoms with Gasteiger partial charge in [-0.15, -0.1) is 0 Å². The monoisotopic (exact) mass is 384 g/mol. The molecule has 4 aliphatic heterocycles. The van der Waals surface area contributed by atoms with Gasteiger partial charge in [0.25, 0.3) is 5.91 Å². The minimum atomic E-state index is -0.572. The van der Waals surface area contributed by atoms with Crippen molar-refractivity contribution >= 4 is 17.7 Å². The number of fused-ring (bicyclic) bond motifs is 2. The Morgan fingerprint density at radius 1 is 1.18 bits per heavy atom. The van der Waals surface area contributed by atoms with Gasteiger partial charge in [0.05, 0.1) is 12.7 Å². The molecule has 148 valence electrons. The number of nitrogens with one attached hydrogen (secondary N) is 2. The SMILES string of the molecule is O=C1CCC(N2Cc3cccc(CN4C[C@@H]5NCCO[C@@H]5C4)c3C2=O)C(=O)N1. The second kappa shape index (κ2) is 6.95. The number of ether oxygens (including phenoxy) is 1. The summed E-state index contributed by atoms with van der Waals surface area (Å²) >= 11 is 0. The van der Waals surface area contributed by atoms with Crippen LogP contribution >= 0.6 is 0 Å². The van der Waals surface area contributed by atoms with E-state index in [9.17, 15) is 14.4 Å². The Kier molecular flexibility index (Phi) is 4.41. The van der Waals surface area contributed by atoms with Gasteiger partial charge in [-0.1, -0.05) is 18.2 Å². The predicted octanol–water partition coefficient (Wildman–Crippen LogP) is -0.380. The van der Waals surface area contributed by atoms with Crippen molar-refractivity contribution in [3.63, 3.8) is 0 Å². The minimum Gasteiger partial charge on any atom is -0.374 e. The predicted molar refractivity (Wildman–Crippen MR) is 99.3 cm³/mol. The number of likely N-dealkylation sites (tertiary alicyclic amines) is 1. The molecule has 3 fully saturated rings. The topological polar surface area (TPSA) is 91.0 Å². The summed E-state index contributed by atoms with van der Waals surface area (Å²) in [6.45, 7) is 4.50. The number of hydrogen-bond donors (Lipinski definition) is 2. The number of benzene rings is 1. The third kappa shape index (κ3) is 3.01. The molecule has 3 atom stereocenters. The summed E-state index contributed by atoms with van der Waals surface area (Å²) in [7, 11) is 0. The summed E-state index contributed by atoms with van der Waals surface area (Å²) < 4.78 is 5.85. The average molecular weight is 384 g/mol. The number of hydrogen-bond acceptors (Lipinski definition) is 6. The average Bonchev–Trinajstić information content (AvgIpc) is 3.23. The van der Waals surface area contributed by atoms with E-state index in [2.05, 4.69) is 15.5 Å². The van der Waals surface area contributed by atoms with Crippen LogP contribution in [-0.2, 0) is 27.4 Å². The number of carbonyl (C=O) groups excluding carboxylic acids is 3. The van der Waals surface area contributed by atoms with Gasteiger partial charge < -0.3 is 15.0 Å². The Morgan fingerprint density at radius 3 is 2.89 bits per heavy atom. The van der Waals surface area contributed by atoms with Crippen LogP contribution in [0, 0.1) is 0 Å². The van der Waals surface area contributed by atoms with Crippen molar-refractivity contribution in [3.05, 3.63) is 34.9 Å². The summed E-state index contributed by atoms with van der Waals surface area (Å²) in [6, 6.07) is 5.71. The third-order valence-electron chi connectivity index (χ3n) is 6.22. The van der Waals surface area contributed by atoms with Crippen LogP contribution in [0.2, 0.25) is 0 Å². The van der Waals surface area contributed by atoms with Gasteiger partial charge >= 0.3 is 0 Å². The molecule has 1 aromatic carbocycles. The van der Waals surface area contributed by atoms with Crippen LogP contribution in [0.3, 0.4) is 0 Å². The first-order chi connectivity index (χ1) is 13.6. The van der Waals surface area contributed by atoms with Gasteiger partial charge in [-0.2, -0.15) is 0 Å². The lowest BCUT2D eigenvalue weighted by Crippen LogP contribution is -2.52. The van der Waals surface area contributed by atoms with Crippen LogP contribution in [0.15, 0.2) is 18.2 Å². The van der Waals surface area contributed by atoms with E-state index in [1.807, 2.05) is 18.2 Å². The van der Waals surface area contributed by atoms with Gasteiger partial charge in [0.1, 0.15) is 6.04 Å². The molecule has 1 unspecified atom stereocenters. The van der Waals surface area contributed by atoms with Crippen molar-refractivity contribution in [1.82, 2.24) is 20.4 Å². The molecule has 0 aromatic heterocycles. The highest BCUT2D eigenvalue weighted by atomic mass is 16.5. The van der Waals surface area contributed by atoms with Crippen molar-refractivity contribution in [2.75, 3.05) is 26.2 Å². The number of imide groups is 1. The van der Waals surface area contributed by atoms with E-state index < -0.39 is 6.04 Å². The first-order valence-corrected chi connectivity index (χ1v) is 9.93. The molecule has 8 nitrogen and oxygen atoms in total. The molecule has 8 heteroatoms. The molecule has 0 bridgehead atoms. The zero-order chi connectivity index (χ0) is 19.3. The summed E-state index contributed by atoms with van der Waals surface area (Å²) in [5.41, 5.74) is 2.67. The van der Waals surface area contributed by atoms with Crippen LogP contribution in [0.5, 0.6) is 0 Å². The molecule has 5 rings (SSSR count). The van der Waals surface area contributed by atoms with E-state index in [0.717, 1.165) is 42.9 Å². The van der Waals surface area contributed by atoms with Crippen LogP contribution in [-0.4, -0.2) is 72.0 Å².